The summed E-state index contributed by atoms with van der Waals surface area (Å²) in [5.74, 6) is 1.67. The zero-order valence-corrected chi connectivity index (χ0v) is 16.0. The number of hydrogen-bond donors (Lipinski definition) is 0. The van der Waals surface area contributed by atoms with Gasteiger partial charge in [0.05, 0.1) is 36.5 Å². The van der Waals surface area contributed by atoms with Gasteiger partial charge in [-0.1, -0.05) is 13.5 Å². The summed E-state index contributed by atoms with van der Waals surface area (Å²) >= 11 is 0. The highest BCUT2D eigenvalue weighted by Crippen LogP contribution is 2.35. The van der Waals surface area contributed by atoms with Gasteiger partial charge in [-0.3, -0.25) is 4.98 Å². The highest BCUT2D eigenvalue weighted by molar-refractivity contribution is 5.82. The Morgan fingerprint density at radius 2 is 1.82 bits per heavy atom. The molecule has 0 atom stereocenters. The van der Waals surface area contributed by atoms with Crippen molar-refractivity contribution in [1.82, 2.24) is 24.7 Å². The van der Waals surface area contributed by atoms with Crippen molar-refractivity contribution in [1.29, 1.82) is 0 Å². The van der Waals surface area contributed by atoms with Gasteiger partial charge in [-0.2, -0.15) is 5.10 Å². The van der Waals surface area contributed by atoms with Crippen LogP contribution in [0, 0.1) is 0 Å². The Hall–Kier alpha value is -3.22. The molecule has 28 heavy (non-hydrogen) atoms. The first-order valence-corrected chi connectivity index (χ1v) is 9.79. The van der Waals surface area contributed by atoms with E-state index >= 15 is 0 Å². The molecule has 0 aliphatic carbocycles. The molecular formula is C21H23N7. The van der Waals surface area contributed by atoms with Gasteiger partial charge >= 0.3 is 0 Å². The number of aryl methyl sites for hydroxylation is 1. The number of aromatic nitrogens is 5. The number of nitrogens with zero attached hydrogens (tertiary/aromatic N) is 7. The lowest BCUT2D eigenvalue weighted by Crippen LogP contribution is -2.19. The molecule has 7 heteroatoms. The zero-order valence-electron chi connectivity index (χ0n) is 16.0. The van der Waals surface area contributed by atoms with Crippen molar-refractivity contribution in [2.75, 3.05) is 22.9 Å². The lowest BCUT2D eigenvalue weighted by Gasteiger charge is -2.20. The van der Waals surface area contributed by atoms with Crippen LogP contribution >= 0.6 is 0 Å². The van der Waals surface area contributed by atoms with Gasteiger partial charge in [0.1, 0.15) is 5.82 Å². The molecule has 1 fully saturated rings. The minimum atomic E-state index is 0.690. The molecule has 0 unspecified atom stereocenters. The quantitative estimate of drug-likeness (QED) is 0.700. The SMILES string of the molecule is C=C1c2cn(-c3cnc(N4CCCC4)cn3)nc2CN1c1cncc(CC)c1. The van der Waals surface area contributed by atoms with E-state index in [1.165, 1.54) is 18.4 Å². The highest BCUT2D eigenvalue weighted by Gasteiger charge is 2.28. The van der Waals surface area contributed by atoms with Gasteiger partial charge in [0.2, 0.25) is 0 Å². The summed E-state index contributed by atoms with van der Waals surface area (Å²) in [5, 5.41) is 4.73. The summed E-state index contributed by atoms with van der Waals surface area (Å²) < 4.78 is 1.80. The van der Waals surface area contributed by atoms with Crippen LogP contribution in [0.2, 0.25) is 0 Å². The van der Waals surface area contributed by atoms with Crippen molar-refractivity contribution >= 4 is 17.2 Å². The van der Waals surface area contributed by atoms with Crippen LogP contribution in [0.5, 0.6) is 0 Å². The molecule has 7 nitrogen and oxygen atoms in total. The Balaban J connectivity index is 1.38. The summed E-state index contributed by atoms with van der Waals surface area (Å²) in [7, 11) is 0. The van der Waals surface area contributed by atoms with E-state index in [1.54, 1.807) is 10.9 Å². The maximum Gasteiger partial charge on any atom is 0.171 e. The molecule has 3 aromatic heterocycles. The molecule has 5 rings (SSSR count). The molecule has 0 N–H and O–H groups in total. The minimum absolute atomic E-state index is 0.690. The summed E-state index contributed by atoms with van der Waals surface area (Å²) in [4.78, 5) is 18.0. The van der Waals surface area contributed by atoms with Crippen molar-refractivity contribution < 1.29 is 0 Å². The van der Waals surface area contributed by atoms with E-state index < -0.39 is 0 Å². The fraction of sp³-hybridized carbons (Fsp3) is 0.333. The van der Waals surface area contributed by atoms with Crippen LogP contribution in [-0.4, -0.2) is 37.8 Å². The van der Waals surface area contributed by atoms with E-state index in [1.807, 2.05) is 24.8 Å². The molecular weight excluding hydrogens is 350 g/mol. The number of anilines is 2. The van der Waals surface area contributed by atoms with Crippen molar-refractivity contribution in [3.8, 4) is 5.82 Å². The topological polar surface area (TPSA) is 63.0 Å². The number of fused-ring (bicyclic) bond motifs is 1. The lowest BCUT2D eigenvalue weighted by atomic mass is 10.2. The molecule has 0 amide bonds. The second-order valence-corrected chi connectivity index (χ2v) is 7.30. The second-order valence-electron chi connectivity index (χ2n) is 7.30. The smallest absolute Gasteiger partial charge is 0.171 e. The third-order valence-corrected chi connectivity index (χ3v) is 5.53. The maximum atomic E-state index is 4.73. The molecule has 3 aromatic rings. The maximum absolute atomic E-state index is 4.73. The fourth-order valence-corrected chi connectivity index (χ4v) is 3.88. The molecule has 142 valence electrons. The predicted octanol–water partition coefficient (Wildman–Crippen LogP) is 3.21. The molecule has 0 aromatic carbocycles. The monoisotopic (exact) mass is 373 g/mol. The Morgan fingerprint density at radius 3 is 2.54 bits per heavy atom. The number of hydrogen-bond acceptors (Lipinski definition) is 6. The molecule has 2 aliphatic rings. The molecule has 0 radical (unpaired) electrons. The van der Waals surface area contributed by atoms with Crippen LogP contribution in [0.3, 0.4) is 0 Å². The molecule has 1 saturated heterocycles. The van der Waals surface area contributed by atoms with Gasteiger partial charge < -0.3 is 9.80 Å². The summed E-state index contributed by atoms with van der Waals surface area (Å²) in [6.45, 7) is 9.23. The summed E-state index contributed by atoms with van der Waals surface area (Å²) in [6.07, 6.45) is 12.8. The van der Waals surface area contributed by atoms with Gasteiger partial charge in [0.25, 0.3) is 0 Å². The molecule has 2 aliphatic heterocycles. The first-order valence-electron chi connectivity index (χ1n) is 9.79. The molecule has 0 bridgehead atoms. The van der Waals surface area contributed by atoms with Crippen molar-refractivity contribution in [2.45, 2.75) is 32.7 Å². The van der Waals surface area contributed by atoms with E-state index in [9.17, 15) is 0 Å². The number of pyridine rings is 1. The first kappa shape index (κ1) is 16.9. The molecule has 0 spiro atoms. The van der Waals surface area contributed by atoms with Crippen LogP contribution in [0.15, 0.2) is 43.6 Å². The Labute approximate surface area is 164 Å². The molecule has 0 saturated carbocycles. The molecule has 5 heterocycles. The Morgan fingerprint density at radius 1 is 1.04 bits per heavy atom. The van der Waals surface area contributed by atoms with Gasteiger partial charge in [-0.25, -0.2) is 14.6 Å². The van der Waals surface area contributed by atoms with Crippen molar-refractivity contribution in [2.24, 2.45) is 0 Å². The van der Waals surface area contributed by atoms with E-state index in [2.05, 4.69) is 44.3 Å². The largest absolute Gasteiger partial charge is 0.355 e. The summed E-state index contributed by atoms with van der Waals surface area (Å²) in [5.41, 5.74) is 5.26. The normalized spacial score (nSPS) is 16.1. The second kappa shape index (κ2) is 6.74. The predicted molar refractivity (Wildman–Crippen MR) is 109 cm³/mol. The van der Waals surface area contributed by atoms with Crippen LogP contribution < -0.4 is 9.80 Å². The Kier molecular flexibility index (Phi) is 4.07. The third kappa shape index (κ3) is 2.83. The van der Waals surface area contributed by atoms with E-state index in [-0.39, 0.29) is 0 Å². The van der Waals surface area contributed by atoms with E-state index in [4.69, 9.17) is 5.10 Å². The average Bonchev–Trinajstić information content (AvgIpc) is 3.46. The van der Waals surface area contributed by atoms with Gasteiger partial charge in [-0.15, -0.1) is 0 Å². The van der Waals surface area contributed by atoms with Crippen LogP contribution in [-0.2, 0) is 13.0 Å². The Bertz CT molecular complexity index is 1020. The van der Waals surface area contributed by atoms with E-state index in [0.29, 0.717) is 6.54 Å². The average molecular weight is 373 g/mol. The van der Waals surface area contributed by atoms with Crippen LogP contribution in [0.4, 0.5) is 11.5 Å². The van der Waals surface area contributed by atoms with Crippen LogP contribution in [0.1, 0.15) is 36.6 Å². The fourth-order valence-electron chi connectivity index (χ4n) is 3.88. The van der Waals surface area contributed by atoms with Gasteiger partial charge in [0, 0.05) is 36.7 Å². The van der Waals surface area contributed by atoms with Crippen molar-refractivity contribution in [3.63, 3.8) is 0 Å². The minimum Gasteiger partial charge on any atom is -0.355 e. The zero-order chi connectivity index (χ0) is 19.1. The van der Waals surface area contributed by atoms with Gasteiger partial charge in [0.15, 0.2) is 5.82 Å². The van der Waals surface area contributed by atoms with E-state index in [0.717, 1.165) is 53.8 Å². The highest BCUT2D eigenvalue weighted by atomic mass is 15.3. The third-order valence-electron chi connectivity index (χ3n) is 5.53. The first-order chi connectivity index (χ1) is 13.7. The van der Waals surface area contributed by atoms with Gasteiger partial charge in [-0.05, 0) is 30.9 Å². The van der Waals surface area contributed by atoms with Crippen molar-refractivity contribution in [3.05, 3.63) is 60.5 Å². The standard InChI is InChI=1S/C21H23N7/c1-3-16-8-17(10-22-9-16)27-14-19-18(15(27)2)13-28(25-19)21-12-23-20(11-24-21)26-6-4-5-7-26/h8-13H,2-7,14H2,1H3. The van der Waals surface area contributed by atoms with Crippen LogP contribution in [0.25, 0.3) is 11.5 Å². The summed E-state index contributed by atoms with van der Waals surface area (Å²) in [6, 6.07) is 2.17. The number of rotatable bonds is 4. The lowest BCUT2D eigenvalue weighted by molar-refractivity contribution is 0.796.